The van der Waals surface area contributed by atoms with Crippen molar-refractivity contribution in [2.75, 3.05) is 51.0 Å². The molecular formula is C30H36F2N6O6S. The third kappa shape index (κ3) is 7.16. The van der Waals surface area contributed by atoms with E-state index in [4.69, 9.17) is 9.47 Å². The van der Waals surface area contributed by atoms with Crippen molar-refractivity contribution in [1.82, 2.24) is 19.4 Å². The molecule has 3 aromatic rings. The molecule has 3 N–H and O–H groups in total. The fraction of sp³-hybridized carbons (Fsp3) is 0.433. The van der Waals surface area contributed by atoms with E-state index in [1.807, 2.05) is 19.0 Å². The van der Waals surface area contributed by atoms with Gasteiger partial charge in [0.05, 0.1) is 16.1 Å². The lowest BCUT2D eigenvalue weighted by Gasteiger charge is -2.36. The van der Waals surface area contributed by atoms with E-state index in [1.54, 1.807) is 26.0 Å². The molecule has 0 aliphatic carbocycles. The summed E-state index contributed by atoms with van der Waals surface area (Å²) in [5.41, 5.74) is 0.527. The third-order valence-electron chi connectivity index (χ3n) is 7.68. The number of nitrogens with one attached hydrogen (secondary N) is 3. The number of nitrogens with zero attached hydrogens (tertiary/aromatic N) is 3. The van der Waals surface area contributed by atoms with Crippen LogP contribution in [0.25, 0.3) is 0 Å². The highest BCUT2D eigenvalue weighted by Gasteiger charge is 2.41. The summed E-state index contributed by atoms with van der Waals surface area (Å²) >= 11 is 0. The largest absolute Gasteiger partial charge is 0.492 e. The van der Waals surface area contributed by atoms with Gasteiger partial charge in [0.25, 0.3) is 11.8 Å². The van der Waals surface area contributed by atoms with Gasteiger partial charge in [-0.2, -0.15) is 9.40 Å². The number of carbonyl (C=O) groups excluding carboxylic acids is 2. The number of rotatable bonds is 10. The molecule has 1 aromatic heterocycles. The summed E-state index contributed by atoms with van der Waals surface area (Å²) in [6, 6.07) is 6.82. The number of likely N-dealkylation sites (N-methyl/N-ethyl adjacent to an activating group) is 1. The summed E-state index contributed by atoms with van der Waals surface area (Å²) in [4.78, 5) is 28.0. The van der Waals surface area contributed by atoms with Crippen molar-refractivity contribution in [2.24, 2.45) is 0 Å². The first-order valence-electron chi connectivity index (χ1n) is 14.4. The lowest BCUT2D eigenvalue weighted by Crippen LogP contribution is -2.45. The molecule has 3 heterocycles. The van der Waals surface area contributed by atoms with E-state index in [9.17, 15) is 26.8 Å². The van der Waals surface area contributed by atoms with Gasteiger partial charge in [-0.1, -0.05) is 13.8 Å². The molecule has 1 saturated heterocycles. The van der Waals surface area contributed by atoms with Crippen molar-refractivity contribution in [3.8, 4) is 5.75 Å². The van der Waals surface area contributed by atoms with Crippen molar-refractivity contribution < 1.29 is 36.3 Å². The van der Waals surface area contributed by atoms with Crippen molar-refractivity contribution in [3.63, 3.8) is 0 Å². The normalized spacial score (nSPS) is 18.1. The van der Waals surface area contributed by atoms with Crippen LogP contribution in [0.5, 0.6) is 5.75 Å². The van der Waals surface area contributed by atoms with Crippen LogP contribution in [0.2, 0.25) is 0 Å². The van der Waals surface area contributed by atoms with Crippen molar-refractivity contribution in [2.45, 2.75) is 49.6 Å². The molecule has 2 aliphatic rings. The van der Waals surface area contributed by atoms with E-state index in [0.29, 0.717) is 49.3 Å². The highest BCUT2D eigenvalue weighted by atomic mass is 32.2. The van der Waals surface area contributed by atoms with Gasteiger partial charge >= 0.3 is 0 Å². The number of hydrogen-bond acceptors (Lipinski definition) is 8. The Morgan fingerprint density at radius 2 is 1.89 bits per heavy atom. The molecule has 0 saturated carbocycles. The van der Waals surface area contributed by atoms with Crippen LogP contribution in [-0.2, 0) is 31.5 Å². The predicted octanol–water partition coefficient (Wildman–Crippen LogP) is 3.48. The molecule has 0 bridgehead atoms. The minimum Gasteiger partial charge on any atom is -0.492 e. The van der Waals surface area contributed by atoms with Gasteiger partial charge in [0.2, 0.25) is 10.0 Å². The number of ether oxygens (including phenoxy) is 2. The number of aromatic amines is 1. The smallest absolute Gasteiger partial charge is 0.258 e. The van der Waals surface area contributed by atoms with Gasteiger partial charge in [0.15, 0.2) is 5.82 Å². The molecule has 15 heteroatoms. The summed E-state index contributed by atoms with van der Waals surface area (Å²) in [5, 5.41) is 12.7. The number of H-pyrrole nitrogens is 1. The minimum atomic E-state index is -4.32. The van der Waals surface area contributed by atoms with Gasteiger partial charge in [-0.3, -0.25) is 14.7 Å². The van der Waals surface area contributed by atoms with Crippen LogP contribution in [0.4, 0.5) is 20.3 Å². The van der Waals surface area contributed by atoms with Crippen molar-refractivity contribution in [3.05, 3.63) is 64.9 Å². The summed E-state index contributed by atoms with van der Waals surface area (Å²) in [5.74, 6) is -2.51. The Labute approximate surface area is 260 Å². The molecule has 0 radical (unpaired) electrons. The Morgan fingerprint density at radius 3 is 2.56 bits per heavy atom. The fourth-order valence-electron chi connectivity index (χ4n) is 5.36. The van der Waals surface area contributed by atoms with Gasteiger partial charge in [-0.15, -0.1) is 0 Å². The Morgan fingerprint density at radius 1 is 1.16 bits per heavy atom. The number of anilines is 2. The van der Waals surface area contributed by atoms with E-state index in [0.717, 1.165) is 22.9 Å². The molecule has 1 atom stereocenters. The Bertz CT molecular complexity index is 1680. The molecule has 45 heavy (non-hydrogen) atoms. The van der Waals surface area contributed by atoms with E-state index in [1.165, 1.54) is 6.07 Å². The summed E-state index contributed by atoms with van der Waals surface area (Å²) in [6.07, 6.45) is 0.670. The number of halogens is 2. The van der Waals surface area contributed by atoms with Gasteiger partial charge in [0, 0.05) is 55.0 Å². The zero-order valence-corrected chi connectivity index (χ0v) is 26.3. The number of aromatic nitrogens is 2. The minimum absolute atomic E-state index is 0.00918. The van der Waals surface area contributed by atoms with Crippen LogP contribution in [0, 0.1) is 11.6 Å². The number of amides is 2. The Kier molecular flexibility index (Phi) is 9.26. The number of benzene rings is 2. The van der Waals surface area contributed by atoms with E-state index in [2.05, 4.69) is 20.8 Å². The Balaban J connectivity index is 1.42. The second kappa shape index (κ2) is 12.8. The van der Waals surface area contributed by atoms with Gasteiger partial charge in [-0.05, 0) is 51.2 Å². The molecule has 2 aliphatic heterocycles. The fourth-order valence-corrected chi connectivity index (χ4v) is 6.98. The number of carbonyl (C=O) groups is 2. The molecule has 0 spiro atoms. The third-order valence-corrected chi connectivity index (χ3v) is 9.45. The zero-order chi connectivity index (χ0) is 32.5. The lowest BCUT2D eigenvalue weighted by molar-refractivity contribution is -0.124. The summed E-state index contributed by atoms with van der Waals surface area (Å²) < 4.78 is 67.2. The first-order valence-corrected chi connectivity index (χ1v) is 15.9. The monoisotopic (exact) mass is 646 g/mol. The molecule has 1 fully saturated rings. The first-order chi connectivity index (χ1) is 21.2. The van der Waals surface area contributed by atoms with Crippen LogP contribution in [-0.4, -0.2) is 86.1 Å². The number of hydrogen-bond donors (Lipinski definition) is 3. The second-order valence-electron chi connectivity index (χ2n) is 12.0. The summed E-state index contributed by atoms with van der Waals surface area (Å²) in [6.45, 7) is 4.86. The molecule has 5 rings (SSSR count). The predicted molar refractivity (Wildman–Crippen MR) is 162 cm³/mol. The number of sulfonamides is 1. The maximum Gasteiger partial charge on any atom is 0.258 e. The topological polar surface area (TPSA) is 146 Å². The van der Waals surface area contributed by atoms with E-state index < -0.39 is 44.0 Å². The standard InChI is InChI=1S/C30H36F2N6O6S/c1-30(2)17-38(45(41,42)21-13-18(31)12-19(32)14-21)16-23-26(30)35-36-27(23)34-28(39)22-8-7-20(43-11-9-37(3)4)15-24(22)33-29(40)25-6-5-10-44-25/h7-8,12-15,25H,5-6,9-11,16-17H2,1-4H3,(H,33,40)(H2,34,35,36,39)/t25-/m1/s1. The van der Waals surface area contributed by atoms with Crippen LogP contribution >= 0.6 is 0 Å². The molecule has 242 valence electrons. The highest BCUT2D eigenvalue weighted by Crippen LogP contribution is 2.38. The number of fused-ring (bicyclic) bond motifs is 1. The lowest BCUT2D eigenvalue weighted by atomic mass is 9.84. The second-order valence-corrected chi connectivity index (χ2v) is 13.9. The van der Waals surface area contributed by atoms with E-state index >= 15 is 0 Å². The van der Waals surface area contributed by atoms with Crippen molar-refractivity contribution >= 4 is 33.3 Å². The van der Waals surface area contributed by atoms with Crippen LogP contribution in [0.3, 0.4) is 0 Å². The highest BCUT2D eigenvalue weighted by molar-refractivity contribution is 7.89. The molecule has 2 aromatic carbocycles. The molecule has 2 amide bonds. The van der Waals surface area contributed by atoms with Crippen LogP contribution in [0.15, 0.2) is 41.3 Å². The molecular weight excluding hydrogens is 610 g/mol. The van der Waals surface area contributed by atoms with Gasteiger partial charge in [0.1, 0.15) is 30.1 Å². The average molecular weight is 647 g/mol. The molecule has 12 nitrogen and oxygen atoms in total. The van der Waals surface area contributed by atoms with Crippen molar-refractivity contribution in [1.29, 1.82) is 0 Å². The van der Waals surface area contributed by atoms with Crippen LogP contribution in [0.1, 0.15) is 48.3 Å². The average Bonchev–Trinajstić information content (AvgIpc) is 3.63. The quantitative estimate of drug-likeness (QED) is 0.304. The van der Waals surface area contributed by atoms with Gasteiger partial charge in [-0.25, -0.2) is 17.2 Å². The Hall–Kier alpha value is -3.92. The molecule has 0 unspecified atom stereocenters. The van der Waals surface area contributed by atoms with E-state index in [-0.39, 0.29) is 36.1 Å². The zero-order valence-electron chi connectivity index (χ0n) is 25.4. The SMILES string of the molecule is CN(C)CCOc1ccc(C(=O)Nc2n[nH]c3c2CN(S(=O)(=O)c2cc(F)cc(F)c2)CC3(C)C)c(NC(=O)[C@H]2CCCO2)c1. The van der Waals surface area contributed by atoms with Gasteiger partial charge < -0.3 is 25.0 Å². The maximum absolute atomic E-state index is 13.9. The summed E-state index contributed by atoms with van der Waals surface area (Å²) in [7, 11) is -0.497. The first kappa shape index (κ1) is 32.5. The maximum atomic E-state index is 13.9. The van der Waals surface area contributed by atoms with Crippen LogP contribution < -0.4 is 15.4 Å².